The molecular weight excluding hydrogens is 403 g/mol. The third-order valence-electron chi connectivity index (χ3n) is 4.74. The zero-order valence-corrected chi connectivity index (χ0v) is 17.4. The van der Waals surface area contributed by atoms with Gasteiger partial charge >= 0.3 is 0 Å². The van der Waals surface area contributed by atoms with Crippen LogP contribution in [0, 0.1) is 11.8 Å². The summed E-state index contributed by atoms with van der Waals surface area (Å²) in [6.07, 6.45) is 3.94. The Labute approximate surface area is 159 Å². The number of guanidine groups is 1. The second-order valence-electron chi connectivity index (χ2n) is 6.84. The quantitative estimate of drug-likeness (QED) is 0.393. The SMILES string of the molecule is CCNC(=NCCN1CCCC(C)C1)N1CCC(COC)C1.I. The highest BCUT2D eigenvalue weighted by Crippen LogP contribution is 2.17. The van der Waals surface area contributed by atoms with Gasteiger partial charge in [0.05, 0.1) is 13.2 Å². The van der Waals surface area contributed by atoms with Crippen molar-refractivity contribution in [2.45, 2.75) is 33.1 Å². The summed E-state index contributed by atoms with van der Waals surface area (Å²) < 4.78 is 5.29. The maximum atomic E-state index is 5.29. The molecule has 2 heterocycles. The van der Waals surface area contributed by atoms with Crippen LogP contribution in [0.5, 0.6) is 0 Å². The molecule has 5 nitrogen and oxygen atoms in total. The van der Waals surface area contributed by atoms with Gasteiger partial charge in [0.1, 0.15) is 0 Å². The first-order valence-corrected chi connectivity index (χ1v) is 8.97. The highest BCUT2D eigenvalue weighted by atomic mass is 127. The van der Waals surface area contributed by atoms with Crippen LogP contribution in [-0.4, -0.2) is 75.3 Å². The van der Waals surface area contributed by atoms with E-state index in [9.17, 15) is 0 Å². The summed E-state index contributed by atoms with van der Waals surface area (Å²) in [5, 5.41) is 3.45. The Morgan fingerprint density at radius 2 is 2.09 bits per heavy atom. The van der Waals surface area contributed by atoms with Crippen LogP contribution in [-0.2, 0) is 4.74 Å². The van der Waals surface area contributed by atoms with E-state index in [0.29, 0.717) is 5.92 Å². The number of hydrogen-bond acceptors (Lipinski definition) is 3. The van der Waals surface area contributed by atoms with Gasteiger partial charge in [0, 0.05) is 45.8 Å². The van der Waals surface area contributed by atoms with Gasteiger partial charge in [-0.3, -0.25) is 4.99 Å². The minimum atomic E-state index is 0. The molecule has 136 valence electrons. The van der Waals surface area contributed by atoms with Crippen LogP contribution in [0.4, 0.5) is 0 Å². The van der Waals surface area contributed by atoms with Gasteiger partial charge in [0.25, 0.3) is 0 Å². The van der Waals surface area contributed by atoms with E-state index in [-0.39, 0.29) is 24.0 Å². The van der Waals surface area contributed by atoms with Gasteiger partial charge in [-0.2, -0.15) is 0 Å². The fourth-order valence-corrected chi connectivity index (χ4v) is 3.61. The number of hydrogen-bond donors (Lipinski definition) is 1. The Bertz CT molecular complexity index is 353. The number of likely N-dealkylation sites (tertiary alicyclic amines) is 2. The molecule has 0 spiro atoms. The lowest BCUT2D eigenvalue weighted by molar-refractivity contribution is 0.157. The van der Waals surface area contributed by atoms with Crippen molar-refractivity contribution in [1.29, 1.82) is 0 Å². The molecular formula is C17H35IN4O. The van der Waals surface area contributed by atoms with Crippen molar-refractivity contribution >= 4 is 29.9 Å². The third kappa shape index (κ3) is 7.13. The molecule has 2 aliphatic rings. The molecule has 23 heavy (non-hydrogen) atoms. The zero-order valence-electron chi connectivity index (χ0n) is 15.1. The van der Waals surface area contributed by atoms with E-state index in [1.165, 1.54) is 32.4 Å². The molecule has 0 aliphatic carbocycles. The second-order valence-corrected chi connectivity index (χ2v) is 6.84. The molecule has 2 rings (SSSR count). The number of nitrogens with one attached hydrogen (secondary N) is 1. The Balaban J connectivity index is 0.00000264. The lowest BCUT2D eigenvalue weighted by atomic mass is 10.0. The van der Waals surface area contributed by atoms with E-state index in [4.69, 9.17) is 9.73 Å². The summed E-state index contributed by atoms with van der Waals surface area (Å²) in [6, 6.07) is 0. The number of nitrogens with zero attached hydrogens (tertiary/aromatic N) is 3. The Morgan fingerprint density at radius 3 is 2.78 bits per heavy atom. The number of rotatable bonds is 6. The van der Waals surface area contributed by atoms with Crippen LogP contribution in [0.25, 0.3) is 0 Å². The number of aliphatic imine (C=N–C) groups is 1. The highest BCUT2D eigenvalue weighted by molar-refractivity contribution is 14.0. The first-order chi connectivity index (χ1) is 10.7. The largest absolute Gasteiger partial charge is 0.384 e. The van der Waals surface area contributed by atoms with E-state index in [1.54, 1.807) is 7.11 Å². The minimum absolute atomic E-state index is 0. The molecule has 2 aliphatic heterocycles. The molecule has 0 radical (unpaired) electrons. The van der Waals surface area contributed by atoms with Crippen molar-refractivity contribution in [2.24, 2.45) is 16.8 Å². The van der Waals surface area contributed by atoms with E-state index in [1.807, 2.05) is 0 Å². The van der Waals surface area contributed by atoms with Crippen LogP contribution >= 0.6 is 24.0 Å². The molecule has 2 fully saturated rings. The molecule has 0 amide bonds. The highest BCUT2D eigenvalue weighted by Gasteiger charge is 2.24. The molecule has 0 saturated carbocycles. The van der Waals surface area contributed by atoms with Crippen molar-refractivity contribution < 1.29 is 4.74 Å². The van der Waals surface area contributed by atoms with Crippen molar-refractivity contribution in [3.05, 3.63) is 0 Å². The Kier molecular flexibility index (Phi) is 10.5. The fraction of sp³-hybridized carbons (Fsp3) is 0.941. The van der Waals surface area contributed by atoms with Crippen LogP contribution in [0.1, 0.15) is 33.1 Å². The van der Waals surface area contributed by atoms with Crippen molar-refractivity contribution in [3.8, 4) is 0 Å². The lowest BCUT2D eigenvalue weighted by Crippen LogP contribution is -2.41. The maximum absolute atomic E-state index is 5.29. The maximum Gasteiger partial charge on any atom is 0.193 e. The minimum Gasteiger partial charge on any atom is -0.384 e. The van der Waals surface area contributed by atoms with E-state index < -0.39 is 0 Å². The summed E-state index contributed by atoms with van der Waals surface area (Å²) in [7, 11) is 1.79. The summed E-state index contributed by atoms with van der Waals surface area (Å²) in [6.45, 7) is 13.0. The fourth-order valence-electron chi connectivity index (χ4n) is 3.61. The van der Waals surface area contributed by atoms with Crippen LogP contribution in [0.3, 0.4) is 0 Å². The lowest BCUT2D eigenvalue weighted by Gasteiger charge is -2.30. The number of methoxy groups -OCH3 is 1. The van der Waals surface area contributed by atoms with Crippen LogP contribution in [0.2, 0.25) is 0 Å². The molecule has 1 N–H and O–H groups in total. The van der Waals surface area contributed by atoms with Gasteiger partial charge in [0.15, 0.2) is 5.96 Å². The topological polar surface area (TPSA) is 40.1 Å². The number of halogens is 1. The van der Waals surface area contributed by atoms with Gasteiger partial charge in [-0.05, 0) is 38.6 Å². The molecule has 0 bridgehead atoms. The predicted molar refractivity (Wildman–Crippen MR) is 108 cm³/mol. The second kappa shape index (κ2) is 11.5. The first-order valence-electron chi connectivity index (χ1n) is 8.97. The molecule has 2 saturated heterocycles. The van der Waals surface area contributed by atoms with Crippen molar-refractivity contribution in [3.63, 3.8) is 0 Å². The van der Waals surface area contributed by atoms with Crippen molar-refractivity contribution in [1.82, 2.24) is 15.1 Å². The number of piperidine rings is 1. The van der Waals surface area contributed by atoms with Gasteiger partial charge in [-0.1, -0.05) is 6.92 Å². The molecule has 0 aromatic heterocycles. The van der Waals surface area contributed by atoms with E-state index in [2.05, 4.69) is 29.0 Å². The monoisotopic (exact) mass is 438 g/mol. The first kappa shape index (κ1) is 21.0. The van der Waals surface area contributed by atoms with Crippen LogP contribution in [0.15, 0.2) is 4.99 Å². The third-order valence-corrected chi connectivity index (χ3v) is 4.74. The van der Waals surface area contributed by atoms with Crippen molar-refractivity contribution in [2.75, 3.05) is 59.5 Å². The summed E-state index contributed by atoms with van der Waals surface area (Å²) in [4.78, 5) is 9.82. The van der Waals surface area contributed by atoms with E-state index >= 15 is 0 Å². The van der Waals surface area contributed by atoms with Crippen LogP contribution < -0.4 is 5.32 Å². The normalized spacial score (nSPS) is 26.2. The van der Waals surface area contributed by atoms with Gasteiger partial charge in [-0.15, -0.1) is 24.0 Å². The summed E-state index contributed by atoms with van der Waals surface area (Å²) in [5.74, 6) is 2.59. The Hall–Kier alpha value is -0.0800. The molecule has 2 unspecified atom stereocenters. The van der Waals surface area contributed by atoms with Gasteiger partial charge in [0.2, 0.25) is 0 Å². The molecule has 0 aromatic rings. The van der Waals surface area contributed by atoms with Gasteiger partial charge < -0.3 is 19.9 Å². The molecule has 2 atom stereocenters. The predicted octanol–water partition coefficient (Wildman–Crippen LogP) is 2.27. The van der Waals surface area contributed by atoms with Gasteiger partial charge in [-0.25, -0.2) is 0 Å². The standard InChI is InChI=1S/C17H34N4O.HI/c1-4-18-17(21-10-7-16(13-21)14-22-3)19-8-11-20-9-5-6-15(2)12-20;/h15-16H,4-14H2,1-3H3,(H,18,19);1H. The molecule has 0 aromatic carbocycles. The zero-order chi connectivity index (χ0) is 15.8. The summed E-state index contributed by atoms with van der Waals surface area (Å²) in [5.41, 5.74) is 0. The average molecular weight is 438 g/mol. The molecule has 6 heteroatoms. The number of ether oxygens (including phenoxy) is 1. The Morgan fingerprint density at radius 1 is 1.26 bits per heavy atom. The summed E-state index contributed by atoms with van der Waals surface area (Å²) >= 11 is 0. The van der Waals surface area contributed by atoms with E-state index in [0.717, 1.165) is 51.2 Å². The average Bonchev–Trinajstić information content (AvgIpc) is 2.95. The smallest absolute Gasteiger partial charge is 0.193 e.